The Kier molecular flexibility index (Phi) is 4.99. The van der Waals surface area contributed by atoms with Crippen LogP contribution in [0.5, 0.6) is 0 Å². The molecule has 0 saturated carbocycles. The van der Waals surface area contributed by atoms with Gasteiger partial charge in [-0.25, -0.2) is 0 Å². The van der Waals surface area contributed by atoms with Crippen LogP contribution < -0.4 is 5.32 Å². The van der Waals surface area contributed by atoms with Gasteiger partial charge in [0.05, 0.1) is 15.2 Å². The predicted molar refractivity (Wildman–Crippen MR) is 100 cm³/mol. The molecule has 0 unspecified atom stereocenters. The summed E-state index contributed by atoms with van der Waals surface area (Å²) in [5, 5.41) is 7.31. The topological polar surface area (TPSA) is 46.9 Å². The normalized spacial score (nSPS) is 10.7. The molecule has 0 atom stereocenters. The van der Waals surface area contributed by atoms with E-state index in [1.54, 1.807) is 6.07 Å². The summed E-state index contributed by atoms with van der Waals surface area (Å²) in [4.78, 5) is 12.9. The second kappa shape index (κ2) is 6.98. The van der Waals surface area contributed by atoms with Crippen molar-refractivity contribution < 1.29 is 4.79 Å². The molecule has 1 aromatic carbocycles. The number of hydrogen-bond donors (Lipinski definition) is 1. The number of aromatic nitrogens is 2. The Morgan fingerprint density at radius 3 is 2.65 bits per heavy atom. The summed E-state index contributed by atoms with van der Waals surface area (Å²) in [6.07, 6.45) is 0. The number of benzene rings is 1. The summed E-state index contributed by atoms with van der Waals surface area (Å²) < 4.78 is 3.65. The van der Waals surface area contributed by atoms with Gasteiger partial charge in [-0.15, -0.1) is 11.3 Å². The fraction of sp³-hybridized carbons (Fsp3) is 0.125. The van der Waals surface area contributed by atoms with Crippen molar-refractivity contribution in [3.05, 3.63) is 66.9 Å². The molecule has 3 aromatic rings. The summed E-state index contributed by atoms with van der Waals surface area (Å²) in [6.45, 7) is 2.66. The van der Waals surface area contributed by atoms with E-state index in [4.69, 9.17) is 0 Å². The van der Waals surface area contributed by atoms with E-state index in [1.807, 2.05) is 35.9 Å². The maximum atomic E-state index is 12.3. The number of hydrogen-bond acceptors (Lipinski definition) is 3. The van der Waals surface area contributed by atoms with Crippen molar-refractivity contribution in [2.75, 3.05) is 5.32 Å². The number of thiophene rings is 1. The predicted octanol–water partition coefficient (Wildman–Crippen LogP) is 5.08. The highest BCUT2D eigenvalue weighted by molar-refractivity contribution is 9.13. The first kappa shape index (κ1) is 16.4. The van der Waals surface area contributed by atoms with Crippen LogP contribution in [0.25, 0.3) is 0 Å². The van der Waals surface area contributed by atoms with Gasteiger partial charge in [-0.3, -0.25) is 9.48 Å². The summed E-state index contributed by atoms with van der Waals surface area (Å²) >= 11 is 8.16. The molecule has 4 nitrogen and oxygen atoms in total. The van der Waals surface area contributed by atoms with Gasteiger partial charge >= 0.3 is 0 Å². The molecule has 2 heterocycles. The van der Waals surface area contributed by atoms with Crippen molar-refractivity contribution in [1.82, 2.24) is 9.78 Å². The lowest BCUT2D eigenvalue weighted by Gasteiger charge is -2.04. The van der Waals surface area contributed by atoms with Crippen LogP contribution in [0.2, 0.25) is 0 Å². The van der Waals surface area contributed by atoms with E-state index in [-0.39, 0.29) is 5.91 Å². The van der Waals surface area contributed by atoms with E-state index in [9.17, 15) is 4.79 Å². The summed E-state index contributed by atoms with van der Waals surface area (Å²) in [5.74, 6) is 0.398. The lowest BCUT2D eigenvalue weighted by Crippen LogP contribution is -2.11. The molecule has 3 rings (SSSR count). The van der Waals surface area contributed by atoms with E-state index in [2.05, 4.69) is 54.4 Å². The number of aryl methyl sites for hydroxylation is 1. The van der Waals surface area contributed by atoms with Crippen LogP contribution in [0.1, 0.15) is 20.9 Å². The first-order valence-electron chi connectivity index (χ1n) is 6.87. The molecule has 0 spiro atoms. The lowest BCUT2D eigenvalue weighted by atomic mass is 10.2. The molecular weight excluding hydrogens is 442 g/mol. The van der Waals surface area contributed by atoms with Crippen LogP contribution in [0.3, 0.4) is 0 Å². The summed E-state index contributed by atoms with van der Waals surface area (Å²) in [6, 6.07) is 13.8. The minimum Gasteiger partial charge on any atom is -0.304 e. The van der Waals surface area contributed by atoms with Gasteiger partial charge in [0.2, 0.25) is 0 Å². The van der Waals surface area contributed by atoms with Gasteiger partial charge in [0.15, 0.2) is 5.82 Å². The molecule has 0 aliphatic carbocycles. The maximum absolute atomic E-state index is 12.3. The molecule has 2 aromatic heterocycles. The first-order valence-corrected chi connectivity index (χ1v) is 9.28. The number of halogens is 2. The van der Waals surface area contributed by atoms with E-state index >= 15 is 0 Å². The van der Waals surface area contributed by atoms with Crippen LogP contribution >= 0.6 is 43.2 Å². The van der Waals surface area contributed by atoms with Crippen molar-refractivity contribution >= 4 is 54.9 Å². The fourth-order valence-corrected chi connectivity index (χ4v) is 4.05. The summed E-state index contributed by atoms with van der Waals surface area (Å²) in [7, 11) is 0. The fourth-order valence-electron chi connectivity index (χ4n) is 2.12. The Morgan fingerprint density at radius 1 is 1.26 bits per heavy atom. The molecule has 0 saturated heterocycles. The number of rotatable bonds is 4. The molecule has 23 heavy (non-hydrogen) atoms. The highest BCUT2D eigenvalue weighted by Crippen LogP contribution is 2.32. The van der Waals surface area contributed by atoms with Gasteiger partial charge in [0, 0.05) is 16.2 Å². The molecule has 0 aliphatic rings. The summed E-state index contributed by atoms with van der Waals surface area (Å²) in [5.41, 5.74) is 2.17. The van der Waals surface area contributed by atoms with Crippen LogP contribution in [0.15, 0.2) is 50.7 Å². The number of anilines is 1. The Hall–Kier alpha value is -1.44. The Morgan fingerprint density at radius 2 is 2.00 bits per heavy atom. The van der Waals surface area contributed by atoms with Crippen molar-refractivity contribution in [1.29, 1.82) is 0 Å². The first-order chi connectivity index (χ1) is 11.0. The second-order valence-corrected chi connectivity index (χ2v) is 8.23. The van der Waals surface area contributed by atoms with Gasteiger partial charge in [-0.1, -0.05) is 30.3 Å². The molecule has 118 valence electrons. The van der Waals surface area contributed by atoms with Gasteiger partial charge < -0.3 is 5.32 Å². The third-order valence-electron chi connectivity index (χ3n) is 3.27. The Labute approximate surface area is 154 Å². The van der Waals surface area contributed by atoms with Crippen LogP contribution in [0, 0.1) is 6.92 Å². The average molecular weight is 455 g/mol. The highest BCUT2D eigenvalue weighted by Gasteiger charge is 2.14. The zero-order valence-corrected chi connectivity index (χ0v) is 16.2. The highest BCUT2D eigenvalue weighted by atomic mass is 79.9. The number of amides is 1. The van der Waals surface area contributed by atoms with Crippen LogP contribution in [-0.4, -0.2) is 15.7 Å². The number of nitrogens with zero attached hydrogens (tertiary/aromatic N) is 2. The number of carbonyl (C=O) groups excluding carboxylic acids is 1. The van der Waals surface area contributed by atoms with Gasteiger partial charge in [-0.05, 0) is 50.4 Å². The third kappa shape index (κ3) is 3.91. The molecule has 0 aliphatic heterocycles. The van der Waals surface area contributed by atoms with Crippen molar-refractivity contribution in [2.45, 2.75) is 13.5 Å². The standard InChI is InChI=1S/C16H13Br2N3OS/c1-10-7-14(19-16(22)13-8-12(17)15(18)23-13)20-21(10)9-11-5-3-2-4-6-11/h2-8H,9H2,1H3,(H,19,20,22). The number of carbonyl (C=O) groups is 1. The number of nitrogens with one attached hydrogen (secondary N) is 1. The van der Waals surface area contributed by atoms with Gasteiger partial charge in [0.1, 0.15) is 0 Å². The third-order valence-corrected chi connectivity index (χ3v) is 6.52. The Bertz CT molecular complexity index is 823. The largest absolute Gasteiger partial charge is 0.304 e. The molecule has 7 heteroatoms. The SMILES string of the molecule is Cc1cc(NC(=O)c2cc(Br)c(Br)s2)nn1Cc1ccccc1. The van der Waals surface area contributed by atoms with Crippen LogP contribution in [-0.2, 0) is 6.54 Å². The second-order valence-electron chi connectivity index (χ2n) is 5.00. The zero-order valence-electron chi connectivity index (χ0n) is 12.2. The maximum Gasteiger partial charge on any atom is 0.267 e. The van der Waals surface area contributed by atoms with Crippen molar-refractivity contribution in [3.63, 3.8) is 0 Å². The minimum atomic E-state index is -0.161. The van der Waals surface area contributed by atoms with Gasteiger partial charge in [-0.2, -0.15) is 5.10 Å². The molecule has 0 radical (unpaired) electrons. The molecular formula is C16H13Br2N3OS. The van der Waals surface area contributed by atoms with E-state index in [1.165, 1.54) is 16.9 Å². The Balaban J connectivity index is 1.74. The molecule has 1 N–H and O–H groups in total. The molecule has 0 fully saturated rings. The van der Waals surface area contributed by atoms with E-state index in [0.29, 0.717) is 17.2 Å². The van der Waals surface area contributed by atoms with E-state index < -0.39 is 0 Å². The van der Waals surface area contributed by atoms with Crippen molar-refractivity contribution in [2.24, 2.45) is 0 Å². The monoisotopic (exact) mass is 453 g/mol. The zero-order chi connectivity index (χ0) is 16.4. The van der Waals surface area contributed by atoms with Gasteiger partial charge in [0.25, 0.3) is 5.91 Å². The molecule has 0 bridgehead atoms. The lowest BCUT2D eigenvalue weighted by molar-refractivity contribution is 0.103. The molecule has 1 amide bonds. The van der Waals surface area contributed by atoms with Crippen molar-refractivity contribution in [3.8, 4) is 0 Å². The minimum absolute atomic E-state index is 0.161. The van der Waals surface area contributed by atoms with Crippen LogP contribution in [0.4, 0.5) is 5.82 Å². The quantitative estimate of drug-likeness (QED) is 0.597. The van der Waals surface area contributed by atoms with E-state index in [0.717, 1.165) is 14.0 Å². The smallest absolute Gasteiger partial charge is 0.267 e. The average Bonchev–Trinajstić information content (AvgIpc) is 3.03.